The second-order valence-corrected chi connectivity index (χ2v) is 22.1. The highest BCUT2D eigenvalue weighted by atomic mass is 16.3. The van der Waals surface area contributed by atoms with Crippen LogP contribution in [0, 0.1) is 0 Å². The Morgan fingerprint density at radius 3 is 1.21 bits per heavy atom. The Morgan fingerprint density at radius 1 is 0.303 bits per heavy atom. The topological polar surface area (TPSA) is 56.7 Å². The van der Waals surface area contributed by atoms with Crippen LogP contribution in [-0.2, 0) is 10.8 Å². The molecule has 76 heavy (non-hydrogen) atoms. The van der Waals surface area contributed by atoms with Gasteiger partial charge in [0.25, 0.3) is 0 Å². The van der Waals surface area contributed by atoms with Crippen LogP contribution < -0.4 is 0 Å². The highest BCUT2D eigenvalue weighted by molar-refractivity contribution is 6.13. The molecular weight excluding hydrogens is 925 g/mol. The van der Waals surface area contributed by atoms with Gasteiger partial charge in [-0.05, 0) is 110 Å². The van der Waals surface area contributed by atoms with Crippen LogP contribution in [0.15, 0.2) is 235 Å². The van der Waals surface area contributed by atoms with E-state index in [4.69, 9.17) is 19.4 Å². The Morgan fingerprint density at radius 2 is 0.711 bits per heavy atom. The smallest absolute Gasteiger partial charge is 0.164 e. The minimum atomic E-state index is -0.0383. The molecule has 0 saturated carbocycles. The molecule has 0 aliphatic rings. The molecule has 13 rings (SSSR count). The average molecular weight is 981 g/mol. The van der Waals surface area contributed by atoms with Crippen molar-refractivity contribution in [1.82, 2.24) is 19.5 Å². The van der Waals surface area contributed by atoms with Crippen LogP contribution >= 0.6 is 0 Å². The van der Waals surface area contributed by atoms with Gasteiger partial charge in [-0.2, -0.15) is 0 Å². The van der Waals surface area contributed by atoms with Crippen LogP contribution in [0.5, 0.6) is 0 Å². The maximum atomic E-state index is 6.43. The minimum Gasteiger partial charge on any atom is -0.456 e. The predicted octanol–water partition coefficient (Wildman–Crippen LogP) is 19.1. The van der Waals surface area contributed by atoms with E-state index in [1.807, 2.05) is 36.4 Å². The number of hydrogen-bond acceptors (Lipinski definition) is 4. The van der Waals surface area contributed by atoms with Crippen molar-refractivity contribution < 1.29 is 4.42 Å². The first kappa shape index (κ1) is 46.6. The Kier molecular flexibility index (Phi) is 11.2. The molecule has 0 spiro atoms. The zero-order valence-electron chi connectivity index (χ0n) is 43.6. The fourth-order valence-electron chi connectivity index (χ4n) is 10.8. The van der Waals surface area contributed by atoms with E-state index in [-0.39, 0.29) is 10.8 Å². The Bertz CT molecular complexity index is 4130. The molecular formula is C71H56N4O. The van der Waals surface area contributed by atoms with Gasteiger partial charge in [0, 0.05) is 49.4 Å². The van der Waals surface area contributed by atoms with E-state index >= 15 is 0 Å². The Balaban J connectivity index is 1.12. The van der Waals surface area contributed by atoms with Gasteiger partial charge in [0.1, 0.15) is 11.2 Å². The molecule has 0 radical (unpaired) electrons. The number of benzene rings is 10. The summed E-state index contributed by atoms with van der Waals surface area (Å²) >= 11 is 0. The van der Waals surface area contributed by atoms with Gasteiger partial charge in [-0.1, -0.05) is 217 Å². The van der Waals surface area contributed by atoms with Crippen LogP contribution in [0.2, 0.25) is 0 Å². The number of aromatic nitrogens is 4. The largest absolute Gasteiger partial charge is 0.456 e. The predicted molar refractivity (Wildman–Crippen MR) is 317 cm³/mol. The average Bonchev–Trinajstić information content (AvgIpc) is 4.00. The summed E-state index contributed by atoms with van der Waals surface area (Å²) in [6.45, 7) is 13.6. The van der Waals surface area contributed by atoms with E-state index < -0.39 is 0 Å². The molecule has 0 saturated heterocycles. The van der Waals surface area contributed by atoms with Crippen LogP contribution in [0.3, 0.4) is 0 Å². The van der Waals surface area contributed by atoms with E-state index in [0.29, 0.717) is 17.5 Å². The van der Waals surface area contributed by atoms with Gasteiger partial charge in [0.15, 0.2) is 17.5 Å². The molecule has 0 unspecified atom stereocenters. The quantitative estimate of drug-likeness (QED) is 0.152. The highest BCUT2D eigenvalue weighted by Gasteiger charge is 2.25. The number of hydrogen-bond donors (Lipinski definition) is 0. The van der Waals surface area contributed by atoms with Gasteiger partial charge in [-0.15, -0.1) is 0 Å². The van der Waals surface area contributed by atoms with E-state index in [1.54, 1.807) is 0 Å². The summed E-state index contributed by atoms with van der Waals surface area (Å²) in [6, 6.07) is 82.9. The van der Waals surface area contributed by atoms with Crippen LogP contribution in [0.25, 0.3) is 128 Å². The monoisotopic (exact) mass is 980 g/mol. The first-order valence-corrected chi connectivity index (χ1v) is 26.2. The zero-order valence-corrected chi connectivity index (χ0v) is 43.6. The van der Waals surface area contributed by atoms with Crippen molar-refractivity contribution in [3.05, 3.63) is 242 Å². The number of para-hydroxylation sites is 1. The third-order valence-corrected chi connectivity index (χ3v) is 15.0. The molecule has 0 N–H and O–H groups in total. The molecule has 0 fully saturated rings. The fourth-order valence-corrected chi connectivity index (χ4v) is 10.8. The molecule has 366 valence electrons. The molecule has 10 aromatic carbocycles. The Hall–Kier alpha value is -9.19. The standard InChI is InChI=1S/C71H56N4O/c1-70(2,3)54-33-26-47(27-34-54)58-42-53(69-73-67(49-22-14-9-15-23-49)72-68(74-69)52-30-37-57-56-24-16-17-25-64(56)76-65(57)44-52)43-59(48-28-35-55(36-29-48)71(4,5)6)66(58)75-62-38-31-50(45-18-10-7-11-19-45)40-60(62)61-41-51(32-39-63(61)75)46-20-12-8-13-21-46/h7-44H,1-6H3. The van der Waals surface area contributed by atoms with E-state index in [0.717, 1.165) is 77.6 Å². The fraction of sp³-hybridized carbons (Fsp3) is 0.113. The number of rotatable bonds is 8. The van der Waals surface area contributed by atoms with Gasteiger partial charge >= 0.3 is 0 Å². The van der Waals surface area contributed by atoms with Crippen molar-refractivity contribution in [2.24, 2.45) is 0 Å². The van der Waals surface area contributed by atoms with Crippen molar-refractivity contribution in [2.45, 2.75) is 52.4 Å². The summed E-state index contributed by atoms with van der Waals surface area (Å²) in [5, 5.41) is 4.48. The van der Waals surface area contributed by atoms with Gasteiger partial charge in [-0.25, -0.2) is 15.0 Å². The van der Waals surface area contributed by atoms with Crippen molar-refractivity contribution in [1.29, 1.82) is 0 Å². The second kappa shape index (κ2) is 18.3. The second-order valence-electron chi connectivity index (χ2n) is 22.1. The number of nitrogens with zero attached hydrogens (tertiary/aromatic N) is 4. The third kappa shape index (κ3) is 8.44. The summed E-state index contributed by atoms with van der Waals surface area (Å²) in [6.07, 6.45) is 0. The van der Waals surface area contributed by atoms with E-state index in [2.05, 4.69) is 240 Å². The van der Waals surface area contributed by atoms with Crippen LogP contribution in [-0.4, -0.2) is 19.5 Å². The number of furan rings is 1. The van der Waals surface area contributed by atoms with Crippen LogP contribution in [0.4, 0.5) is 0 Å². The SMILES string of the molecule is CC(C)(C)c1ccc(-c2cc(-c3nc(-c4ccccc4)nc(-c4ccc5c(c4)oc4ccccc45)n3)cc(-c3ccc(C(C)(C)C)cc3)c2-n2c3ccc(-c4ccccc4)cc3c3cc(-c4ccccc4)ccc32)cc1. The third-order valence-electron chi connectivity index (χ3n) is 15.0. The van der Waals surface area contributed by atoms with E-state index in [1.165, 1.54) is 44.2 Å². The molecule has 3 heterocycles. The zero-order chi connectivity index (χ0) is 51.7. The first-order chi connectivity index (χ1) is 36.9. The summed E-state index contributed by atoms with van der Waals surface area (Å²) in [4.78, 5) is 16.0. The lowest BCUT2D eigenvalue weighted by Gasteiger charge is -2.23. The summed E-state index contributed by atoms with van der Waals surface area (Å²) < 4.78 is 8.94. The summed E-state index contributed by atoms with van der Waals surface area (Å²) in [5.41, 5.74) is 19.0. The first-order valence-electron chi connectivity index (χ1n) is 26.2. The van der Waals surface area contributed by atoms with E-state index in [9.17, 15) is 0 Å². The van der Waals surface area contributed by atoms with Crippen molar-refractivity contribution in [3.8, 4) is 84.4 Å². The molecule has 0 bridgehead atoms. The molecule has 13 aromatic rings. The van der Waals surface area contributed by atoms with Crippen molar-refractivity contribution in [3.63, 3.8) is 0 Å². The molecule has 3 aromatic heterocycles. The van der Waals surface area contributed by atoms with Gasteiger partial charge in [0.05, 0.1) is 16.7 Å². The maximum Gasteiger partial charge on any atom is 0.164 e. The van der Waals surface area contributed by atoms with Gasteiger partial charge < -0.3 is 8.98 Å². The molecule has 0 atom stereocenters. The molecule has 5 nitrogen and oxygen atoms in total. The number of fused-ring (bicyclic) bond motifs is 6. The van der Waals surface area contributed by atoms with Crippen LogP contribution in [0.1, 0.15) is 52.7 Å². The lowest BCUT2D eigenvalue weighted by Crippen LogP contribution is -2.11. The maximum absolute atomic E-state index is 6.43. The lowest BCUT2D eigenvalue weighted by molar-refractivity contribution is 0.590. The van der Waals surface area contributed by atoms with Gasteiger partial charge in [0.2, 0.25) is 0 Å². The molecule has 0 aliphatic heterocycles. The molecule has 0 amide bonds. The normalized spacial score (nSPS) is 12.1. The highest BCUT2D eigenvalue weighted by Crippen LogP contribution is 2.46. The van der Waals surface area contributed by atoms with Gasteiger partial charge in [-0.3, -0.25) is 0 Å². The lowest BCUT2D eigenvalue weighted by atomic mass is 9.84. The van der Waals surface area contributed by atoms with Crippen molar-refractivity contribution in [2.75, 3.05) is 0 Å². The minimum absolute atomic E-state index is 0.0383. The molecule has 5 heteroatoms. The Labute approximate surface area is 443 Å². The summed E-state index contributed by atoms with van der Waals surface area (Å²) in [7, 11) is 0. The van der Waals surface area contributed by atoms with Crippen molar-refractivity contribution >= 4 is 43.7 Å². The molecule has 0 aliphatic carbocycles. The summed E-state index contributed by atoms with van der Waals surface area (Å²) in [5.74, 6) is 1.73.